The number of nitrogens with one attached hydrogen (secondary N) is 1. The van der Waals surface area contributed by atoms with Gasteiger partial charge >= 0.3 is 0 Å². The Morgan fingerprint density at radius 1 is 1.54 bits per heavy atom. The molecule has 2 N–H and O–H groups in total. The molecule has 1 rings (SSSR count). The summed E-state index contributed by atoms with van der Waals surface area (Å²) >= 11 is 0. The van der Waals surface area contributed by atoms with Gasteiger partial charge in [0.2, 0.25) is 5.91 Å². The summed E-state index contributed by atoms with van der Waals surface area (Å²) in [5, 5.41) is 12.4. The molecule has 0 heterocycles. The van der Waals surface area contributed by atoms with Gasteiger partial charge in [-0.3, -0.25) is 4.79 Å². The van der Waals surface area contributed by atoms with Gasteiger partial charge in [-0.25, -0.2) is 0 Å². The highest BCUT2D eigenvalue weighted by Crippen LogP contribution is 2.21. The van der Waals surface area contributed by atoms with Crippen molar-refractivity contribution >= 4 is 5.91 Å². The number of rotatable bonds is 2. The third kappa shape index (κ3) is 2.97. The van der Waals surface area contributed by atoms with E-state index in [9.17, 15) is 9.90 Å². The van der Waals surface area contributed by atoms with Gasteiger partial charge in [0, 0.05) is 20.5 Å². The second-order valence-electron chi connectivity index (χ2n) is 3.55. The number of ether oxygens (including phenoxy) is 1. The first-order valence-corrected chi connectivity index (χ1v) is 4.61. The summed E-state index contributed by atoms with van der Waals surface area (Å²) in [6, 6.07) is -0.0936. The molecule has 0 spiro atoms. The minimum atomic E-state index is -0.470. The molecule has 0 bridgehead atoms. The predicted molar refractivity (Wildman–Crippen MR) is 48.3 cm³/mol. The molecule has 1 saturated carbocycles. The minimum absolute atomic E-state index is 0.0834. The fraction of sp³-hybridized carbons (Fsp3) is 0.889. The smallest absolute Gasteiger partial charge is 0.217 e. The molecule has 3 atom stereocenters. The van der Waals surface area contributed by atoms with Crippen molar-refractivity contribution in [2.75, 3.05) is 7.11 Å². The number of amides is 1. The van der Waals surface area contributed by atoms with Crippen LogP contribution in [0.3, 0.4) is 0 Å². The van der Waals surface area contributed by atoms with Crippen LogP contribution in [-0.2, 0) is 9.53 Å². The van der Waals surface area contributed by atoms with Crippen LogP contribution in [0.15, 0.2) is 0 Å². The van der Waals surface area contributed by atoms with E-state index in [1.165, 1.54) is 6.92 Å². The van der Waals surface area contributed by atoms with E-state index in [1.54, 1.807) is 7.11 Å². The molecule has 0 aromatic rings. The summed E-state index contributed by atoms with van der Waals surface area (Å²) < 4.78 is 5.14. The van der Waals surface area contributed by atoms with E-state index in [1.807, 2.05) is 0 Å². The molecule has 76 valence electrons. The zero-order chi connectivity index (χ0) is 9.84. The SMILES string of the molecule is COC1CCC(NC(C)=O)C(O)C1. The van der Waals surface area contributed by atoms with E-state index in [4.69, 9.17) is 4.74 Å². The largest absolute Gasteiger partial charge is 0.391 e. The molecule has 0 radical (unpaired) electrons. The molecule has 4 heteroatoms. The number of aliphatic hydroxyl groups is 1. The highest BCUT2D eigenvalue weighted by molar-refractivity contribution is 5.73. The van der Waals surface area contributed by atoms with Crippen molar-refractivity contribution < 1.29 is 14.6 Å². The van der Waals surface area contributed by atoms with Crippen LogP contribution in [0.1, 0.15) is 26.2 Å². The summed E-state index contributed by atoms with van der Waals surface area (Å²) in [6.45, 7) is 1.47. The maximum Gasteiger partial charge on any atom is 0.217 e. The van der Waals surface area contributed by atoms with Crippen LogP contribution in [0, 0.1) is 0 Å². The Hall–Kier alpha value is -0.610. The molecule has 1 amide bonds. The van der Waals surface area contributed by atoms with Gasteiger partial charge in [-0.1, -0.05) is 0 Å². The van der Waals surface area contributed by atoms with Crippen molar-refractivity contribution in [2.24, 2.45) is 0 Å². The van der Waals surface area contributed by atoms with Crippen molar-refractivity contribution in [2.45, 2.75) is 44.4 Å². The van der Waals surface area contributed by atoms with Crippen molar-refractivity contribution in [3.63, 3.8) is 0 Å². The van der Waals surface area contributed by atoms with Crippen LogP contribution in [0.25, 0.3) is 0 Å². The lowest BCUT2D eigenvalue weighted by molar-refractivity contribution is -0.121. The summed E-state index contributed by atoms with van der Waals surface area (Å²) in [5.74, 6) is -0.0834. The Morgan fingerprint density at radius 2 is 2.23 bits per heavy atom. The molecule has 3 unspecified atom stereocenters. The molecule has 4 nitrogen and oxygen atoms in total. The van der Waals surface area contributed by atoms with E-state index in [0.29, 0.717) is 6.42 Å². The lowest BCUT2D eigenvalue weighted by atomic mass is 9.90. The first-order chi connectivity index (χ1) is 6.13. The van der Waals surface area contributed by atoms with Gasteiger partial charge in [0.25, 0.3) is 0 Å². The van der Waals surface area contributed by atoms with E-state index >= 15 is 0 Å². The predicted octanol–water partition coefficient (Wildman–Crippen LogP) is 0.0509. The number of aliphatic hydroxyl groups excluding tert-OH is 1. The van der Waals surface area contributed by atoms with Crippen LogP contribution in [0.5, 0.6) is 0 Å². The summed E-state index contributed by atoms with van der Waals surface area (Å²) in [7, 11) is 1.65. The molecule has 0 saturated heterocycles. The van der Waals surface area contributed by atoms with Crippen LogP contribution >= 0.6 is 0 Å². The zero-order valence-corrected chi connectivity index (χ0v) is 8.12. The minimum Gasteiger partial charge on any atom is -0.391 e. The van der Waals surface area contributed by atoms with Gasteiger partial charge in [0.05, 0.1) is 18.2 Å². The summed E-state index contributed by atoms with van der Waals surface area (Å²) in [5.41, 5.74) is 0. The average Bonchev–Trinajstić information content (AvgIpc) is 2.08. The van der Waals surface area contributed by atoms with Gasteiger partial charge in [-0.2, -0.15) is 0 Å². The van der Waals surface area contributed by atoms with E-state index in [0.717, 1.165) is 12.8 Å². The Labute approximate surface area is 78.3 Å². The average molecular weight is 187 g/mol. The van der Waals surface area contributed by atoms with Crippen molar-refractivity contribution in [1.82, 2.24) is 5.32 Å². The maximum absolute atomic E-state index is 10.8. The van der Waals surface area contributed by atoms with Crippen LogP contribution in [0.4, 0.5) is 0 Å². The number of carbonyl (C=O) groups is 1. The fourth-order valence-corrected chi connectivity index (χ4v) is 1.75. The van der Waals surface area contributed by atoms with Gasteiger partial charge in [-0.05, 0) is 12.8 Å². The maximum atomic E-state index is 10.8. The lowest BCUT2D eigenvalue weighted by Crippen LogP contribution is -2.47. The van der Waals surface area contributed by atoms with Crippen LogP contribution in [-0.4, -0.2) is 36.4 Å². The second-order valence-corrected chi connectivity index (χ2v) is 3.55. The number of hydrogen-bond acceptors (Lipinski definition) is 3. The molecular weight excluding hydrogens is 170 g/mol. The standard InChI is InChI=1S/C9H17NO3/c1-6(11)10-8-4-3-7(13-2)5-9(8)12/h7-9,12H,3-5H2,1-2H3,(H,10,11). The third-order valence-electron chi connectivity index (χ3n) is 2.49. The van der Waals surface area contributed by atoms with Gasteiger partial charge in [0.1, 0.15) is 0 Å². The van der Waals surface area contributed by atoms with Gasteiger partial charge in [-0.15, -0.1) is 0 Å². The molecule has 1 fully saturated rings. The molecular formula is C9H17NO3. The topological polar surface area (TPSA) is 58.6 Å². The Morgan fingerprint density at radius 3 is 2.69 bits per heavy atom. The van der Waals surface area contributed by atoms with Gasteiger partial charge in [0.15, 0.2) is 0 Å². The molecule has 0 aliphatic heterocycles. The highest BCUT2D eigenvalue weighted by Gasteiger charge is 2.29. The second kappa shape index (κ2) is 4.58. The normalized spacial score (nSPS) is 34.2. The summed E-state index contributed by atoms with van der Waals surface area (Å²) in [6.07, 6.45) is 1.97. The Kier molecular flexibility index (Phi) is 3.69. The molecule has 1 aliphatic rings. The Balaban J connectivity index is 2.39. The van der Waals surface area contributed by atoms with Crippen LogP contribution in [0.2, 0.25) is 0 Å². The molecule has 0 aromatic carbocycles. The molecule has 13 heavy (non-hydrogen) atoms. The quantitative estimate of drug-likeness (QED) is 0.642. The van der Waals surface area contributed by atoms with Crippen molar-refractivity contribution in [3.05, 3.63) is 0 Å². The van der Waals surface area contributed by atoms with Crippen molar-refractivity contribution in [3.8, 4) is 0 Å². The molecule has 0 aromatic heterocycles. The first kappa shape index (κ1) is 10.5. The number of hydrogen-bond donors (Lipinski definition) is 2. The van der Waals surface area contributed by atoms with E-state index < -0.39 is 6.10 Å². The zero-order valence-electron chi connectivity index (χ0n) is 8.12. The number of methoxy groups -OCH3 is 1. The summed E-state index contributed by atoms with van der Waals surface area (Å²) in [4.78, 5) is 10.8. The van der Waals surface area contributed by atoms with E-state index in [2.05, 4.69) is 5.32 Å². The fourth-order valence-electron chi connectivity index (χ4n) is 1.75. The van der Waals surface area contributed by atoms with Crippen LogP contribution < -0.4 is 5.32 Å². The first-order valence-electron chi connectivity index (χ1n) is 4.61. The Bertz CT molecular complexity index is 184. The highest BCUT2D eigenvalue weighted by atomic mass is 16.5. The third-order valence-corrected chi connectivity index (χ3v) is 2.49. The van der Waals surface area contributed by atoms with Gasteiger partial charge < -0.3 is 15.2 Å². The monoisotopic (exact) mass is 187 g/mol. The lowest BCUT2D eigenvalue weighted by Gasteiger charge is -2.32. The van der Waals surface area contributed by atoms with Crippen molar-refractivity contribution in [1.29, 1.82) is 0 Å². The molecule has 1 aliphatic carbocycles. The number of carbonyl (C=O) groups excluding carboxylic acids is 1. The van der Waals surface area contributed by atoms with E-state index in [-0.39, 0.29) is 18.1 Å².